The van der Waals surface area contributed by atoms with Crippen LogP contribution in [0.4, 0.5) is 5.69 Å². The summed E-state index contributed by atoms with van der Waals surface area (Å²) in [5, 5.41) is 0. The first-order valence-electron chi connectivity index (χ1n) is 10.5. The molecule has 0 N–H and O–H groups in total. The Labute approximate surface area is 189 Å². The topological polar surface area (TPSA) is 38.8 Å². The van der Waals surface area contributed by atoms with Crippen LogP contribution < -0.4 is 4.90 Å². The van der Waals surface area contributed by atoms with E-state index in [0.717, 1.165) is 23.4 Å². The summed E-state index contributed by atoms with van der Waals surface area (Å²) in [7, 11) is 0. The molecule has 0 aliphatic heterocycles. The second-order valence-electron chi connectivity index (χ2n) is 6.98. The normalized spacial score (nSPS) is 11.7. The minimum atomic E-state index is -0.304. The number of thioether (sulfide) groups is 1. The van der Waals surface area contributed by atoms with Crippen molar-refractivity contribution >= 4 is 23.4 Å². The number of benzene rings is 3. The van der Waals surface area contributed by atoms with Gasteiger partial charge in [-0.3, -0.25) is 0 Å². The van der Waals surface area contributed by atoms with Crippen molar-refractivity contribution in [3.05, 3.63) is 95.6 Å². The minimum absolute atomic E-state index is 0.259. The fourth-order valence-corrected chi connectivity index (χ4v) is 3.87. The Balaban J connectivity index is 1.90. The van der Waals surface area contributed by atoms with Crippen molar-refractivity contribution in [2.24, 2.45) is 0 Å². The molecule has 3 aromatic carbocycles. The summed E-state index contributed by atoms with van der Waals surface area (Å²) < 4.78 is 11.6. The number of nitrogens with zero attached hydrogens (tertiary/aromatic N) is 1. The lowest BCUT2D eigenvalue weighted by Gasteiger charge is -2.33. The average Bonchev–Trinajstić information content (AvgIpc) is 2.82. The maximum atomic E-state index is 12.0. The Hall–Kier alpha value is -2.76. The molecule has 0 heterocycles. The first-order chi connectivity index (χ1) is 15.2. The molecule has 0 fully saturated rings. The monoisotopic (exact) mass is 435 g/mol. The van der Waals surface area contributed by atoms with Crippen LogP contribution in [0.15, 0.2) is 83.8 Å². The van der Waals surface area contributed by atoms with Crippen molar-refractivity contribution in [3.63, 3.8) is 0 Å². The largest absolute Gasteiger partial charge is 0.462 e. The SMILES string of the molecule is CCOC(=O)c1ccc(N(CC)C(OCc2ccccc2)c2cccc(SC)c2)cc1. The van der Waals surface area contributed by atoms with Crippen LogP contribution in [0.25, 0.3) is 0 Å². The van der Waals surface area contributed by atoms with Gasteiger partial charge in [-0.2, -0.15) is 0 Å². The van der Waals surface area contributed by atoms with Gasteiger partial charge in [0.25, 0.3) is 0 Å². The standard InChI is InChI=1S/C26H29NO3S/c1-4-27(23-16-14-21(15-17-23)26(28)29-5-2)25(22-12-9-13-24(18-22)31-3)30-19-20-10-7-6-8-11-20/h6-18,25H,4-5,19H2,1-3H3. The van der Waals surface area contributed by atoms with Gasteiger partial charge in [-0.15, -0.1) is 11.8 Å². The molecule has 0 saturated heterocycles. The highest BCUT2D eigenvalue weighted by molar-refractivity contribution is 7.98. The Morgan fingerprint density at radius 3 is 2.35 bits per heavy atom. The number of ether oxygens (including phenoxy) is 2. The molecule has 5 heteroatoms. The fourth-order valence-electron chi connectivity index (χ4n) is 3.40. The lowest BCUT2D eigenvalue weighted by molar-refractivity contribution is 0.0375. The fraction of sp³-hybridized carbons (Fsp3) is 0.269. The molecule has 3 aromatic rings. The highest BCUT2D eigenvalue weighted by atomic mass is 32.2. The van der Waals surface area contributed by atoms with Crippen LogP contribution in [0.5, 0.6) is 0 Å². The van der Waals surface area contributed by atoms with E-state index in [4.69, 9.17) is 9.47 Å². The van der Waals surface area contributed by atoms with E-state index >= 15 is 0 Å². The first-order valence-corrected chi connectivity index (χ1v) is 11.7. The maximum absolute atomic E-state index is 12.0. The van der Waals surface area contributed by atoms with Crippen LogP contribution in [-0.2, 0) is 16.1 Å². The molecule has 1 unspecified atom stereocenters. The molecular weight excluding hydrogens is 406 g/mol. The van der Waals surface area contributed by atoms with E-state index in [1.807, 2.05) is 49.4 Å². The molecule has 0 aliphatic rings. The van der Waals surface area contributed by atoms with Gasteiger partial charge in [-0.05, 0) is 62.1 Å². The molecular formula is C26H29NO3S. The van der Waals surface area contributed by atoms with Crippen molar-refractivity contribution in [1.82, 2.24) is 0 Å². The van der Waals surface area contributed by atoms with E-state index in [9.17, 15) is 4.79 Å². The first kappa shape index (κ1) is 22.9. The molecule has 0 aromatic heterocycles. The highest BCUT2D eigenvalue weighted by Crippen LogP contribution is 2.31. The number of carbonyl (C=O) groups is 1. The zero-order valence-corrected chi connectivity index (χ0v) is 19.1. The molecule has 0 radical (unpaired) electrons. The molecule has 1 atom stereocenters. The quantitative estimate of drug-likeness (QED) is 0.211. The average molecular weight is 436 g/mol. The van der Waals surface area contributed by atoms with Crippen LogP contribution in [0, 0.1) is 0 Å². The van der Waals surface area contributed by atoms with E-state index in [1.54, 1.807) is 11.8 Å². The minimum Gasteiger partial charge on any atom is -0.462 e. The molecule has 31 heavy (non-hydrogen) atoms. The van der Waals surface area contributed by atoms with Crippen molar-refractivity contribution in [3.8, 4) is 0 Å². The number of anilines is 1. The second-order valence-corrected chi connectivity index (χ2v) is 7.86. The molecule has 0 bridgehead atoms. The lowest BCUT2D eigenvalue weighted by Crippen LogP contribution is -2.30. The van der Waals surface area contributed by atoms with Gasteiger partial charge < -0.3 is 14.4 Å². The van der Waals surface area contributed by atoms with E-state index in [-0.39, 0.29) is 12.2 Å². The summed E-state index contributed by atoms with van der Waals surface area (Å²) in [6, 6.07) is 26.2. The van der Waals surface area contributed by atoms with Gasteiger partial charge in [0.05, 0.1) is 18.8 Å². The van der Waals surface area contributed by atoms with E-state index in [2.05, 4.69) is 54.5 Å². The summed E-state index contributed by atoms with van der Waals surface area (Å²) in [6.45, 7) is 5.54. The van der Waals surface area contributed by atoms with Crippen LogP contribution in [0.3, 0.4) is 0 Å². The smallest absolute Gasteiger partial charge is 0.338 e. The number of esters is 1. The molecule has 0 amide bonds. The van der Waals surface area contributed by atoms with E-state index in [1.165, 1.54) is 4.90 Å². The van der Waals surface area contributed by atoms with Crippen molar-refractivity contribution in [2.45, 2.75) is 31.6 Å². The Bertz CT molecular complexity index is 960. The van der Waals surface area contributed by atoms with Crippen LogP contribution in [0.1, 0.15) is 41.6 Å². The highest BCUT2D eigenvalue weighted by Gasteiger charge is 2.21. The third kappa shape index (κ3) is 6.12. The molecule has 4 nitrogen and oxygen atoms in total. The van der Waals surface area contributed by atoms with Gasteiger partial charge in [0.2, 0.25) is 0 Å². The van der Waals surface area contributed by atoms with E-state index < -0.39 is 0 Å². The third-order valence-corrected chi connectivity index (χ3v) is 5.69. The Morgan fingerprint density at radius 1 is 0.968 bits per heavy atom. The molecule has 162 valence electrons. The van der Waals surface area contributed by atoms with Crippen LogP contribution in [0.2, 0.25) is 0 Å². The number of carbonyl (C=O) groups excluding carboxylic acids is 1. The van der Waals surface area contributed by atoms with Gasteiger partial charge in [-0.1, -0.05) is 42.5 Å². The number of hydrogen-bond donors (Lipinski definition) is 0. The summed E-state index contributed by atoms with van der Waals surface area (Å²) in [5.74, 6) is -0.304. The van der Waals surface area contributed by atoms with E-state index in [0.29, 0.717) is 18.8 Å². The summed E-state index contributed by atoms with van der Waals surface area (Å²) in [4.78, 5) is 15.4. The van der Waals surface area contributed by atoms with Crippen LogP contribution in [-0.4, -0.2) is 25.4 Å². The summed E-state index contributed by atoms with van der Waals surface area (Å²) in [6.07, 6.45) is 1.82. The predicted octanol–water partition coefficient (Wildman–Crippen LogP) is 6.33. The molecule has 0 saturated carbocycles. The van der Waals surface area contributed by atoms with Gasteiger partial charge in [0.1, 0.15) is 0 Å². The van der Waals surface area contributed by atoms with Gasteiger partial charge in [-0.25, -0.2) is 4.79 Å². The third-order valence-electron chi connectivity index (χ3n) is 4.96. The summed E-state index contributed by atoms with van der Waals surface area (Å²) in [5.41, 5.74) is 3.76. The van der Waals surface area contributed by atoms with Crippen molar-refractivity contribution < 1.29 is 14.3 Å². The van der Waals surface area contributed by atoms with Gasteiger partial charge >= 0.3 is 5.97 Å². The number of rotatable bonds is 10. The zero-order valence-electron chi connectivity index (χ0n) is 18.3. The molecule has 3 rings (SSSR count). The van der Waals surface area contributed by atoms with Crippen LogP contribution >= 0.6 is 11.8 Å². The Kier molecular flexibility index (Phi) is 8.56. The van der Waals surface area contributed by atoms with Crippen molar-refractivity contribution in [1.29, 1.82) is 0 Å². The zero-order chi connectivity index (χ0) is 22.1. The Morgan fingerprint density at radius 2 is 1.71 bits per heavy atom. The number of hydrogen-bond acceptors (Lipinski definition) is 5. The maximum Gasteiger partial charge on any atom is 0.338 e. The second kappa shape index (κ2) is 11.6. The predicted molar refractivity (Wildman–Crippen MR) is 128 cm³/mol. The summed E-state index contributed by atoms with van der Waals surface area (Å²) >= 11 is 1.71. The van der Waals surface area contributed by atoms with Gasteiger partial charge in [0, 0.05) is 22.7 Å². The molecule has 0 spiro atoms. The van der Waals surface area contributed by atoms with Gasteiger partial charge in [0.15, 0.2) is 6.23 Å². The molecule has 0 aliphatic carbocycles. The van der Waals surface area contributed by atoms with Crippen molar-refractivity contribution in [2.75, 3.05) is 24.3 Å². The lowest BCUT2D eigenvalue weighted by atomic mass is 10.1.